The number of hydrogen-bond donors (Lipinski definition) is 0. The van der Waals surface area contributed by atoms with Crippen LogP contribution in [0.2, 0.25) is 0 Å². The minimum absolute atomic E-state index is 0.0640. The Kier molecular flexibility index (Phi) is 5.81. The molecule has 1 fully saturated rings. The average molecular weight is 380 g/mol. The molecule has 1 aliphatic heterocycles. The number of methoxy groups -OCH3 is 1. The molecule has 0 N–H and O–H groups in total. The molecule has 144 valence electrons. The lowest BCUT2D eigenvalue weighted by Crippen LogP contribution is -2.42. The van der Waals surface area contributed by atoms with Gasteiger partial charge < -0.3 is 9.47 Å². The number of amides is 2. The number of carbonyl (C=O) groups is 2. The molecule has 0 bridgehead atoms. The highest BCUT2D eigenvalue weighted by Gasteiger charge is 2.42. The van der Waals surface area contributed by atoms with Gasteiger partial charge in [0.25, 0.3) is 0 Å². The summed E-state index contributed by atoms with van der Waals surface area (Å²) in [5.74, 6) is -0.355. The average Bonchev–Trinajstić information content (AvgIpc) is 3.13. The van der Waals surface area contributed by atoms with E-state index in [2.05, 4.69) is 10.0 Å². The topological polar surface area (TPSA) is 105 Å². The Balaban J connectivity index is 1.90. The van der Waals surface area contributed by atoms with E-state index in [1.165, 1.54) is 0 Å². The van der Waals surface area contributed by atoms with Gasteiger partial charge in [-0.15, -0.1) is 0 Å². The van der Waals surface area contributed by atoms with Crippen molar-refractivity contribution in [3.8, 4) is 5.75 Å². The zero-order valence-electron chi connectivity index (χ0n) is 15.6. The van der Waals surface area contributed by atoms with Gasteiger partial charge in [0.1, 0.15) is 24.4 Å². The van der Waals surface area contributed by atoms with Gasteiger partial charge in [0.15, 0.2) is 0 Å². The molecule has 8 nitrogen and oxygen atoms in total. The van der Waals surface area contributed by atoms with Crippen LogP contribution >= 0.6 is 0 Å². The molecule has 8 heteroatoms. The number of imide groups is 1. The first kappa shape index (κ1) is 19.3. The van der Waals surface area contributed by atoms with Gasteiger partial charge >= 0.3 is 6.09 Å². The molecule has 2 aromatic carbocycles. The van der Waals surface area contributed by atoms with Crippen molar-refractivity contribution in [1.82, 2.24) is 4.90 Å². The van der Waals surface area contributed by atoms with Gasteiger partial charge in [-0.1, -0.05) is 54.5 Å². The maximum absolute atomic E-state index is 13.2. The summed E-state index contributed by atoms with van der Waals surface area (Å²) in [5.41, 5.74) is 10.6. The largest absolute Gasteiger partial charge is 0.497 e. The second kappa shape index (κ2) is 8.45. The number of nitrogens with zero attached hydrogens (tertiary/aromatic N) is 4. The van der Waals surface area contributed by atoms with E-state index in [-0.39, 0.29) is 6.61 Å². The SMILES string of the molecule is COc1ccc([C@H](C)C(N=[N+]=[N-])C(=O)N2C(=O)OC[C@H]2c2ccccc2)cc1. The highest BCUT2D eigenvalue weighted by Crippen LogP contribution is 2.32. The molecule has 3 rings (SSSR count). The van der Waals surface area contributed by atoms with Crippen molar-refractivity contribution in [2.24, 2.45) is 5.11 Å². The van der Waals surface area contributed by atoms with Crippen molar-refractivity contribution < 1.29 is 19.1 Å². The standard InChI is InChI=1S/C20H20N4O4/c1-13(14-8-10-16(27-2)11-9-14)18(22-23-21)19(25)24-17(12-28-20(24)26)15-6-4-3-5-7-15/h3-11,13,17-18H,12H2,1-2H3/t13-,17-,18?/m0/s1. The van der Waals surface area contributed by atoms with Crippen LogP contribution in [0.4, 0.5) is 4.79 Å². The van der Waals surface area contributed by atoms with Crippen LogP contribution in [0.5, 0.6) is 5.75 Å². The fourth-order valence-corrected chi connectivity index (χ4v) is 3.24. The Morgan fingerprint density at radius 3 is 2.54 bits per heavy atom. The molecule has 2 aromatic rings. The van der Waals surface area contributed by atoms with Crippen LogP contribution in [0.15, 0.2) is 59.7 Å². The summed E-state index contributed by atoms with van der Waals surface area (Å²) in [4.78, 5) is 29.4. The summed E-state index contributed by atoms with van der Waals surface area (Å²) in [6.07, 6.45) is -0.737. The molecule has 1 heterocycles. The van der Waals surface area contributed by atoms with Gasteiger partial charge in [-0.25, -0.2) is 9.69 Å². The van der Waals surface area contributed by atoms with E-state index in [9.17, 15) is 9.59 Å². The van der Waals surface area contributed by atoms with Crippen LogP contribution in [0.3, 0.4) is 0 Å². The number of ether oxygens (including phenoxy) is 2. The molecule has 0 aliphatic carbocycles. The second-order valence-electron chi connectivity index (χ2n) is 6.42. The molecule has 0 spiro atoms. The summed E-state index contributed by atoms with van der Waals surface area (Å²) < 4.78 is 10.3. The monoisotopic (exact) mass is 380 g/mol. The smallest absolute Gasteiger partial charge is 0.417 e. The van der Waals surface area contributed by atoms with Crippen LogP contribution in [-0.2, 0) is 9.53 Å². The zero-order valence-corrected chi connectivity index (χ0v) is 15.6. The zero-order chi connectivity index (χ0) is 20.1. The summed E-state index contributed by atoms with van der Waals surface area (Å²) in [5, 5.41) is 3.70. The third-order valence-electron chi connectivity index (χ3n) is 4.84. The normalized spacial score (nSPS) is 18.0. The minimum atomic E-state index is -1.09. The van der Waals surface area contributed by atoms with E-state index in [0.29, 0.717) is 5.75 Å². The molecule has 0 radical (unpaired) electrons. The van der Waals surface area contributed by atoms with Crippen LogP contribution < -0.4 is 4.74 Å². The molecule has 2 amide bonds. The van der Waals surface area contributed by atoms with Crippen LogP contribution in [0.1, 0.15) is 30.0 Å². The molecule has 28 heavy (non-hydrogen) atoms. The third-order valence-corrected chi connectivity index (χ3v) is 4.84. The van der Waals surface area contributed by atoms with E-state index in [1.54, 1.807) is 38.3 Å². The molecular formula is C20H20N4O4. The van der Waals surface area contributed by atoms with E-state index in [4.69, 9.17) is 15.0 Å². The molecule has 3 atom stereocenters. The van der Waals surface area contributed by atoms with Crippen LogP contribution in [0.25, 0.3) is 10.4 Å². The number of rotatable bonds is 6. The van der Waals surface area contributed by atoms with Crippen molar-refractivity contribution in [2.75, 3.05) is 13.7 Å². The Labute approximate surface area is 162 Å². The highest BCUT2D eigenvalue weighted by atomic mass is 16.6. The fourth-order valence-electron chi connectivity index (χ4n) is 3.24. The van der Waals surface area contributed by atoms with Crippen molar-refractivity contribution in [3.05, 3.63) is 76.2 Å². The predicted molar refractivity (Wildman–Crippen MR) is 102 cm³/mol. The van der Waals surface area contributed by atoms with E-state index >= 15 is 0 Å². The predicted octanol–water partition coefficient (Wildman–Crippen LogP) is 4.20. The number of azide groups is 1. The van der Waals surface area contributed by atoms with Crippen molar-refractivity contribution >= 4 is 12.0 Å². The van der Waals surface area contributed by atoms with Crippen molar-refractivity contribution in [2.45, 2.75) is 24.9 Å². The molecule has 1 unspecified atom stereocenters. The third kappa shape index (κ3) is 3.77. The summed E-state index contributed by atoms with van der Waals surface area (Å²) in [6.45, 7) is 1.84. The summed E-state index contributed by atoms with van der Waals surface area (Å²) >= 11 is 0. The van der Waals surface area contributed by atoms with Gasteiger partial charge in [-0.2, -0.15) is 0 Å². The highest BCUT2D eigenvalue weighted by molar-refractivity contribution is 5.97. The van der Waals surface area contributed by atoms with E-state index in [0.717, 1.165) is 16.0 Å². The Hall–Kier alpha value is -3.51. The number of hydrogen-bond acceptors (Lipinski definition) is 5. The lowest BCUT2D eigenvalue weighted by atomic mass is 9.92. The van der Waals surface area contributed by atoms with Crippen LogP contribution in [-0.4, -0.2) is 36.7 Å². The van der Waals surface area contributed by atoms with Crippen LogP contribution in [0, 0.1) is 0 Å². The van der Waals surface area contributed by atoms with Gasteiger partial charge in [0.05, 0.1) is 7.11 Å². The lowest BCUT2D eigenvalue weighted by Gasteiger charge is -2.26. The Morgan fingerprint density at radius 2 is 1.93 bits per heavy atom. The van der Waals surface area contributed by atoms with Crippen molar-refractivity contribution in [3.63, 3.8) is 0 Å². The van der Waals surface area contributed by atoms with Crippen molar-refractivity contribution in [1.29, 1.82) is 0 Å². The summed E-state index contributed by atoms with van der Waals surface area (Å²) in [6, 6.07) is 14.6. The molecular weight excluding hydrogens is 360 g/mol. The second-order valence-corrected chi connectivity index (χ2v) is 6.42. The van der Waals surface area contributed by atoms with Gasteiger partial charge in [-0.3, -0.25) is 4.79 Å². The van der Waals surface area contributed by atoms with Gasteiger partial charge in [0.2, 0.25) is 5.91 Å². The maximum atomic E-state index is 13.2. The molecule has 0 saturated carbocycles. The first-order valence-electron chi connectivity index (χ1n) is 8.79. The molecule has 0 aromatic heterocycles. The molecule has 1 aliphatic rings. The number of carbonyl (C=O) groups excluding carboxylic acids is 2. The molecule has 1 saturated heterocycles. The van der Waals surface area contributed by atoms with Gasteiger partial charge in [0, 0.05) is 4.91 Å². The summed E-state index contributed by atoms with van der Waals surface area (Å²) in [7, 11) is 1.56. The number of cyclic esters (lactones) is 1. The van der Waals surface area contributed by atoms with E-state index in [1.807, 2.05) is 30.3 Å². The van der Waals surface area contributed by atoms with E-state index < -0.39 is 30.0 Å². The van der Waals surface area contributed by atoms with Gasteiger partial charge in [-0.05, 0) is 34.7 Å². The first-order valence-corrected chi connectivity index (χ1v) is 8.79. The number of benzene rings is 2. The minimum Gasteiger partial charge on any atom is -0.497 e. The quantitative estimate of drug-likeness (QED) is 0.425. The Bertz CT molecular complexity index is 894. The fraction of sp³-hybridized carbons (Fsp3) is 0.300. The Morgan fingerprint density at radius 1 is 1.25 bits per heavy atom. The lowest BCUT2D eigenvalue weighted by molar-refractivity contribution is -0.131. The first-order chi connectivity index (χ1) is 13.6. The maximum Gasteiger partial charge on any atom is 0.417 e.